The van der Waals surface area contributed by atoms with Crippen molar-refractivity contribution in [2.45, 2.75) is 0 Å². The molecule has 0 saturated carbocycles. The highest BCUT2D eigenvalue weighted by Crippen LogP contribution is 2.12. The molecule has 3 rings (SSSR count). The van der Waals surface area contributed by atoms with Crippen LogP contribution in [0, 0.1) is 0 Å². The first-order chi connectivity index (χ1) is 9.74. The van der Waals surface area contributed by atoms with Gasteiger partial charge in [-0.3, -0.25) is 9.59 Å². The number of fused-ring (bicyclic) bond motifs is 1. The number of carbonyl (C=O) groups excluding carboxylic acids is 1. The molecule has 0 saturated heterocycles. The second kappa shape index (κ2) is 4.93. The lowest BCUT2D eigenvalue weighted by atomic mass is 10.1. The van der Waals surface area contributed by atoms with Gasteiger partial charge in [0.15, 0.2) is 0 Å². The first-order valence-corrected chi connectivity index (χ1v) is 5.95. The maximum atomic E-state index is 12.1. The molecule has 2 N–H and O–H groups in total. The molecule has 0 unspecified atom stereocenters. The molecule has 98 valence electrons. The smallest absolute Gasteiger partial charge is 0.275 e. The molecule has 6 heteroatoms. The predicted octanol–water partition coefficient (Wildman–Crippen LogP) is 1.57. The van der Waals surface area contributed by atoms with E-state index >= 15 is 0 Å². The summed E-state index contributed by atoms with van der Waals surface area (Å²) in [6, 6.07) is 13.8. The van der Waals surface area contributed by atoms with Crippen molar-refractivity contribution in [1.82, 2.24) is 15.4 Å². The van der Waals surface area contributed by atoms with Gasteiger partial charge >= 0.3 is 0 Å². The fourth-order valence-electron chi connectivity index (χ4n) is 1.86. The lowest BCUT2D eigenvalue weighted by Crippen LogP contribution is -2.14. The van der Waals surface area contributed by atoms with E-state index in [1.807, 2.05) is 18.2 Å². The van der Waals surface area contributed by atoms with Crippen molar-refractivity contribution < 1.29 is 4.79 Å². The molecule has 6 nitrogen and oxygen atoms in total. The van der Waals surface area contributed by atoms with Gasteiger partial charge < -0.3 is 5.32 Å². The second-order valence-electron chi connectivity index (χ2n) is 4.19. The van der Waals surface area contributed by atoms with Gasteiger partial charge in [-0.05, 0) is 30.3 Å². The van der Waals surface area contributed by atoms with E-state index in [0.29, 0.717) is 22.2 Å². The highest BCUT2D eigenvalue weighted by atomic mass is 16.1. The Morgan fingerprint density at radius 1 is 1.10 bits per heavy atom. The third kappa shape index (κ3) is 2.26. The summed E-state index contributed by atoms with van der Waals surface area (Å²) in [5, 5.41) is 12.6. The van der Waals surface area contributed by atoms with Crippen molar-refractivity contribution in [1.29, 1.82) is 0 Å². The molecule has 0 atom stereocenters. The van der Waals surface area contributed by atoms with E-state index in [0.717, 1.165) is 0 Å². The van der Waals surface area contributed by atoms with E-state index in [2.05, 4.69) is 20.7 Å². The number of amides is 1. The molecule has 1 heterocycles. The molecule has 0 aliphatic carbocycles. The van der Waals surface area contributed by atoms with Crippen LogP contribution in [0.5, 0.6) is 0 Å². The van der Waals surface area contributed by atoms with Crippen molar-refractivity contribution in [3.63, 3.8) is 0 Å². The Kier molecular flexibility index (Phi) is 2.96. The molecule has 0 radical (unpaired) electrons. The van der Waals surface area contributed by atoms with Crippen molar-refractivity contribution in [3.05, 3.63) is 64.4 Å². The number of rotatable bonds is 2. The van der Waals surface area contributed by atoms with Crippen LogP contribution in [0.2, 0.25) is 0 Å². The van der Waals surface area contributed by atoms with E-state index in [-0.39, 0.29) is 11.5 Å². The monoisotopic (exact) mass is 266 g/mol. The number of aromatic amines is 1. The number of nitrogens with one attached hydrogen (secondary N) is 2. The summed E-state index contributed by atoms with van der Waals surface area (Å²) in [7, 11) is 0. The van der Waals surface area contributed by atoms with Gasteiger partial charge in [0.1, 0.15) is 5.52 Å². The Balaban J connectivity index is 1.96. The fourth-order valence-corrected chi connectivity index (χ4v) is 1.86. The number of anilines is 1. The molecule has 20 heavy (non-hydrogen) atoms. The number of para-hydroxylation sites is 1. The van der Waals surface area contributed by atoms with Crippen LogP contribution in [0.1, 0.15) is 10.4 Å². The first-order valence-electron chi connectivity index (χ1n) is 5.95. The normalized spacial score (nSPS) is 10.4. The first kappa shape index (κ1) is 12.0. The summed E-state index contributed by atoms with van der Waals surface area (Å²) < 4.78 is 0. The Morgan fingerprint density at radius 3 is 2.70 bits per heavy atom. The molecule has 0 aliphatic heterocycles. The molecular formula is C14H10N4O2. The third-order valence-corrected chi connectivity index (χ3v) is 2.84. The van der Waals surface area contributed by atoms with Gasteiger partial charge in [0.05, 0.1) is 5.39 Å². The fraction of sp³-hybridized carbons (Fsp3) is 0. The van der Waals surface area contributed by atoms with Crippen LogP contribution in [0.15, 0.2) is 53.3 Å². The summed E-state index contributed by atoms with van der Waals surface area (Å²) in [5.41, 5.74) is 1.16. The van der Waals surface area contributed by atoms with Crippen LogP contribution in [-0.4, -0.2) is 21.3 Å². The van der Waals surface area contributed by atoms with E-state index in [9.17, 15) is 9.59 Å². The summed E-state index contributed by atoms with van der Waals surface area (Å²) in [4.78, 5) is 23.7. The van der Waals surface area contributed by atoms with Crippen molar-refractivity contribution >= 4 is 22.5 Å². The average molecular weight is 266 g/mol. The van der Waals surface area contributed by atoms with E-state index in [4.69, 9.17) is 0 Å². The second-order valence-corrected chi connectivity index (χ2v) is 4.19. The number of carbonyl (C=O) groups is 1. The zero-order valence-corrected chi connectivity index (χ0v) is 10.3. The largest absolute Gasteiger partial charge is 0.322 e. The van der Waals surface area contributed by atoms with Gasteiger partial charge in [-0.2, -0.15) is 0 Å². The van der Waals surface area contributed by atoms with Gasteiger partial charge in [0.2, 0.25) is 0 Å². The topological polar surface area (TPSA) is 87.7 Å². The number of H-pyrrole nitrogens is 1. The molecule has 1 aromatic heterocycles. The SMILES string of the molecule is O=C(Nc1ccccc1)c1ccc2nn[nH]c(=O)c2c1. The lowest BCUT2D eigenvalue weighted by molar-refractivity contribution is 0.102. The van der Waals surface area contributed by atoms with Crippen molar-refractivity contribution in [2.24, 2.45) is 0 Å². The number of hydrogen-bond donors (Lipinski definition) is 2. The van der Waals surface area contributed by atoms with E-state index < -0.39 is 0 Å². The molecule has 2 aromatic carbocycles. The van der Waals surface area contributed by atoms with Crippen LogP contribution < -0.4 is 10.9 Å². The van der Waals surface area contributed by atoms with Gasteiger partial charge in [-0.15, -0.1) is 5.10 Å². The number of nitrogens with zero attached hydrogens (tertiary/aromatic N) is 2. The maximum Gasteiger partial charge on any atom is 0.275 e. The van der Waals surface area contributed by atoms with Gasteiger partial charge in [-0.1, -0.05) is 23.4 Å². The van der Waals surface area contributed by atoms with Gasteiger partial charge in [0, 0.05) is 11.3 Å². The van der Waals surface area contributed by atoms with Crippen LogP contribution in [0.25, 0.3) is 10.9 Å². The molecular weight excluding hydrogens is 256 g/mol. The molecule has 0 fully saturated rings. The molecule has 3 aromatic rings. The minimum Gasteiger partial charge on any atom is -0.322 e. The third-order valence-electron chi connectivity index (χ3n) is 2.84. The summed E-state index contributed by atoms with van der Waals surface area (Å²) in [6.45, 7) is 0. The van der Waals surface area contributed by atoms with E-state index in [1.165, 1.54) is 6.07 Å². The highest BCUT2D eigenvalue weighted by molar-refractivity contribution is 6.06. The van der Waals surface area contributed by atoms with Crippen LogP contribution in [-0.2, 0) is 0 Å². The summed E-state index contributed by atoms with van der Waals surface area (Å²) in [5.74, 6) is -0.283. The molecule has 0 spiro atoms. The Labute approximate surface area is 113 Å². The minimum absolute atomic E-state index is 0.283. The van der Waals surface area contributed by atoms with Gasteiger partial charge in [-0.25, -0.2) is 5.10 Å². The number of hydrogen-bond acceptors (Lipinski definition) is 4. The summed E-state index contributed by atoms with van der Waals surface area (Å²) in [6.07, 6.45) is 0. The Hall–Kier alpha value is -3.02. The van der Waals surface area contributed by atoms with Crippen molar-refractivity contribution in [2.75, 3.05) is 5.32 Å². The predicted molar refractivity (Wildman–Crippen MR) is 74.6 cm³/mol. The number of benzene rings is 2. The zero-order valence-electron chi connectivity index (χ0n) is 10.3. The quantitative estimate of drug-likeness (QED) is 0.737. The zero-order chi connectivity index (χ0) is 13.9. The number of aromatic nitrogens is 3. The van der Waals surface area contributed by atoms with E-state index in [1.54, 1.807) is 24.3 Å². The standard InChI is InChI=1S/C14H10N4O2/c19-13(15-10-4-2-1-3-5-10)9-6-7-12-11(8-9)14(20)17-18-16-12/h1-8H,(H,15,19)(H,16,17,20). The highest BCUT2D eigenvalue weighted by Gasteiger charge is 2.09. The van der Waals surface area contributed by atoms with Crippen molar-refractivity contribution in [3.8, 4) is 0 Å². The Morgan fingerprint density at radius 2 is 1.90 bits per heavy atom. The summed E-state index contributed by atoms with van der Waals surface area (Å²) >= 11 is 0. The van der Waals surface area contributed by atoms with Crippen LogP contribution in [0.3, 0.4) is 0 Å². The Bertz CT molecular complexity index is 827. The average Bonchev–Trinajstić information content (AvgIpc) is 2.48. The van der Waals surface area contributed by atoms with Gasteiger partial charge in [0.25, 0.3) is 11.5 Å². The van der Waals surface area contributed by atoms with Crippen LogP contribution >= 0.6 is 0 Å². The maximum absolute atomic E-state index is 12.1. The molecule has 1 amide bonds. The molecule has 0 aliphatic rings. The lowest BCUT2D eigenvalue weighted by Gasteiger charge is -2.05. The van der Waals surface area contributed by atoms with Crippen LogP contribution in [0.4, 0.5) is 5.69 Å². The molecule has 0 bridgehead atoms. The minimum atomic E-state index is -0.371.